The predicted molar refractivity (Wildman–Crippen MR) is 73.5 cm³/mol. The molecule has 0 aromatic heterocycles. The van der Waals surface area contributed by atoms with E-state index in [1.54, 1.807) is 0 Å². The summed E-state index contributed by atoms with van der Waals surface area (Å²) in [7, 11) is 0. The quantitative estimate of drug-likeness (QED) is 0.661. The molecule has 2 heteroatoms. The van der Waals surface area contributed by atoms with Crippen molar-refractivity contribution in [1.29, 1.82) is 0 Å². The number of hydrogen-bond acceptors (Lipinski definition) is 1. The molecule has 1 nitrogen and oxygen atoms in total. The molecule has 0 spiro atoms. The Morgan fingerprint density at radius 3 is 2.94 bits per heavy atom. The number of hydrogen-bond donors (Lipinski definition) is 0. The van der Waals surface area contributed by atoms with Crippen LogP contribution in [0.5, 0.6) is 0 Å². The Bertz CT molecular complexity index is 320. The molecule has 0 saturated heterocycles. The van der Waals surface area contributed by atoms with Gasteiger partial charge in [0, 0.05) is 11.1 Å². The minimum atomic E-state index is 0.705. The molecule has 88 valence electrons. The molecule has 0 bridgehead atoms. The van der Waals surface area contributed by atoms with Gasteiger partial charge in [0.2, 0.25) is 0 Å². The van der Waals surface area contributed by atoms with Crippen LogP contribution in [-0.2, 0) is 4.74 Å². The van der Waals surface area contributed by atoms with E-state index in [0.717, 1.165) is 11.1 Å². The Hall–Kier alpha value is -0.600. The van der Waals surface area contributed by atoms with E-state index in [4.69, 9.17) is 4.74 Å². The molecule has 1 aromatic rings. The van der Waals surface area contributed by atoms with E-state index in [1.807, 2.05) is 12.1 Å². The van der Waals surface area contributed by atoms with Gasteiger partial charge >= 0.3 is 0 Å². The number of rotatable bonds is 7. The predicted octanol–water partition coefficient (Wildman–Crippen LogP) is 4.67. The van der Waals surface area contributed by atoms with Crippen LogP contribution >= 0.6 is 15.9 Å². The molecule has 0 radical (unpaired) electrons. The first-order valence-electron chi connectivity index (χ1n) is 5.83. The van der Waals surface area contributed by atoms with Crippen molar-refractivity contribution in [2.24, 2.45) is 0 Å². The van der Waals surface area contributed by atoms with Gasteiger partial charge in [-0.05, 0) is 24.1 Å². The molecular weight excluding hydrogens is 264 g/mol. The Kier molecular flexibility index (Phi) is 7.19. The SMILES string of the molecule is CCCCCOC/C=C\c1cccc(Br)c1. The van der Waals surface area contributed by atoms with E-state index in [9.17, 15) is 0 Å². The zero-order valence-corrected chi connectivity index (χ0v) is 11.4. The maximum absolute atomic E-state index is 5.49. The third kappa shape index (κ3) is 6.09. The molecule has 0 aliphatic carbocycles. The van der Waals surface area contributed by atoms with E-state index >= 15 is 0 Å². The lowest BCUT2D eigenvalue weighted by Gasteiger charge is -1.99. The van der Waals surface area contributed by atoms with Crippen molar-refractivity contribution >= 4 is 22.0 Å². The van der Waals surface area contributed by atoms with E-state index in [0.29, 0.717) is 6.61 Å². The van der Waals surface area contributed by atoms with Crippen molar-refractivity contribution in [2.45, 2.75) is 26.2 Å². The highest BCUT2D eigenvalue weighted by atomic mass is 79.9. The number of halogens is 1. The van der Waals surface area contributed by atoms with E-state index in [1.165, 1.54) is 24.8 Å². The van der Waals surface area contributed by atoms with Gasteiger partial charge in [0.15, 0.2) is 0 Å². The Balaban J connectivity index is 2.17. The Labute approximate surface area is 107 Å². The lowest BCUT2D eigenvalue weighted by Crippen LogP contribution is -1.93. The highest BCUT2D eigenvalue weighted by molar-refractivity contribution is 9.10. The van der Waals surface area contributed by atoms with Crippen molar-refractivity contribution in [3.05, 3.63) is 40.4 Å². The molecule has 0 fully saturated rings. The second-order valence-corrected chi connectivity index (χ2v) is 4.66. The lowest BCUT2D eigenvalue weighted by atomic mass is 10.2. The highest BCUT2D eigenvalue weighted by Gasteiger charge is 1.88. The normalized spacial score (nSPS) is 11.1. The number of ether oxygens (including phenoxy) is 1. The van der Waals surface area contributed by atoms with Gasteiger partial charge in [0.05, 0.1) is 6.61 Å². The zero-order chi connectivity index (χ0) is 11.6. The topological polar surface area (TPSA) is 9.23 Å². The minimum absolute atomic E-state index is 0.705. The molecule has 1 aromatic carbocycles. The maximum Gasteiger partial charge on any atom is 0.0650 e. The monoisotopic (exact) mass is 282 g/mol. The van der Waals surface area contributed by atoms with Gasteiger partial charge in [0.1, 0.15) is 0 Å². The summed E-state index contributed by atoms with van der Waals surface area (Å²) in [5.74, 6) is 0. The van der Waals surface area contributed by atoms with Crippen molar-refractivity contribution < 1.29 is 4.74 Å². The Morgan fingerprint density at radius 2 is 2.19 bits per heavy atom. The van der Waals surface area contributed by atoms with Crippen LogP contribution in [0.4, 0.5) is 0 Å². The van der Waals surface area contributed by atoms with Crippen molar-refractivity contribution in [3.63, 3.8) is 0 Å². The minimum Gasteiger partial charge on any atom is -0.377 e. The first kappa shape index (κ1) is 13.5. The fourth-order valence-corrected chi connectivity index (χ4v) is 1.82. The van der Waals surface area contributed by atoms with Crippen LogP contribution in [0.15, 0.2) is 34.8 Å². The van der Waals surface area contributed by atoms with Crippen LogP contribution in [0.2, 0.25) is 0 Å². The second-order valence-electron chi connectivity index (χ2n) is 3.74. The third-order valence-corrected chi connectivity index (χ3v) is 2.76. The highest BCUT2D eigenvalue weighted by Crippen LogP contribution is 2.12. The van der Waals surface area contributed by atoms with Crippen LogP contribution in [0.25, 0.3) is 6.08 Å². The smallest absolute Gasteiger partial charge is 0.0650 e. The van der Waals surface area contributed by atoms with Crippen LogP contribution in [0, 0.1) is 0 Å². The summed E-state index contributed by atoms with van der Waals surface area (Å²) < 4.78 is 6.60. The average Bonchev–Trinajstić information content (AvgIpc) is 2.28. The maximum atomic E-state index is 5.49. The first-order chi connectivity index (χ1) is 7.83. The number of unbranched alkanes of at least 4 members (excludes halogenated alkanes) is 2. The zero-order valence-electron chi connectivity index (χ0n) is 9.79. The van der Waals surface area contributed by atoms with Crippen molar-refractivity contribution in [3.8, 4) is 0 Å². The Morgan fingerprint density at radius 1 is 1.31 bits per heavy atom. The van der Waals surface area contributed by atoms with Crippen LogP contribution in [-0.4, -0.2) is 13.2 Å². The fraction of sp³-hybridized carbons (Fsp3) is 0.429. The number of benzene rings is 1. The summed E-state index contributed by atoms with van der Waals surface area (Å²) in [6, 6.07) is 8.23. The molecule has 0 saturated carbocycles. The van der Waals surface area contributed by atoms with Crippen molar-refractivity contribution in [2.75, 3.05) is 13.2 Å². The summed E-state index contributed by atoms with van der Waals surface area (Å²) in [4.78, 5) is 0. The molecule has 0 N–H and O–H groups in total. The molecule has 0 unspecified atom stereocenters. The molecule has 0 aliphatic rings. The van der Waals surface area contributed by atoms with Gasteiger partial charge in [-0.1, -0.05) is 60.0 Å². The molecule has 0 atom stereocenters. The van der Waals surface area contributed by atoms with Gasteiger partial charge in [-0.15, -0.1) is 0 Å². The summed E-state index contributed by atoms with van der Waals surface area (Å²) in [6.07, 6.45) is 7.83. The van der Waals surface area contributed by atoms with E-state index < -0.39 is 0 Å². The fourth-order valence-electron chi connectivity index (χ4n) is 1.40. The summed E-state index contributed by atoms with van der Waals surface area (Å²) in [5.41, 5.74) is 1.20. The standard InChI is InChI=1S/C14H19BrO/c1-2-3-4-10-16-11-6-8-13-7-5-9-14(15)12-13/h5-9,12H,2-4,10-11H2,1H3/b8-6-. The van der Waals surface area contributed by atoms with Gasteiger partial charge in [0.25, 0.3) is 0 Å². The molecule has 1 rings (SSSR count). The van der Waals surface area contributed by atoms with Crippen LogP contribution in [0.1, 0.15) is 31.7 Å². The second kappa shape index (κ2) is 8.54. The molecule has 16 heavy (non-hydrogen) atoms. The van der Waals surface area contributed by atoms with Crippen LogP contribution < -0.4 is 0 Å². The van der Waals surface area contributed by atoms with Crippen molar-refractivity contribution in [1.82, 2.24) is 0 Å². The molecule has 0 aliphatic heterocycles. The van der Waals surface area contributed by atoms with E-state index in [-0.39, 0.29) is 0 Å². The first-order valence-corrected chi connectivity index (χ1v) is 6.62. The third-order valence-electron chi connectivity index (χ3n) is 2.27. The van der Waals surface area contributed by atoms with E-state index in [2.05, 4.69) is 47.1 Å². The van der Waals surface area contributed by atoms with Gasteiger partial charge in [-0.3, -0.25) is 0 Å². The molecular formula is C14H19BrO. The van der Waals surface area contributed by atoms with Gasteiger partial charge in [-0.2, -0.15) is 0 Å². The largest absolute Gasteiger partial charge is 0.377 e. The summed E-state index contributed by atoms with van der Waals surface area (Å²) in [5, 5.41) is 0. The lowest BCUT2D eigenvalue weighted by molar-refractivity contribution is 0.158. The van der Waals surface area contributed by atoms with Gasteiger partial charge in [-0.25, -0.2) is 0 Å². The van der Waals surface area contributed by atoms with Gasteiger partial charge < -0.3 is 4.74 Å². The summed E-state index contributed by atoms with van der Waals surface area (Å²) in [6.45, 7) is 3.78. The average molecular weight is 283 g/mol. The molecule has 0 heterocycles. The summed E-state index contributed by atoms with van der Waals surface area (Å²) >= 11 is 3.45. The van der Waals surface area contributed by atoms with Crippen LogP contribution in [0.3, 0.4) is 0 Å². The molecule has 0 amide bonds.